The van der Waals surface area contributed by atoms with Gasteiger partial charge in [-0.3, -0.25) is 0 Å². The number of rotatable bonds is 6. The third kappa shape index (κ3) is 5.43. The monoisotopic (exact) mass is 546 g/mol. The zero-order valence-corrected chi connectivity index (χ0v) is 23.0. The zero-order chi connectivity index (χ0) is 28.1. The summed E-state index contributed by atoms with van der Waals surface area (Å²) < 4.78 is 12.9. The maximum atomic E-state index is 6.45. The zero-order valence-electron chi connectivity index (χ0n) is 23.0. The molecule has 0 amide bonds. The molecule has 42 heavy (non-hydrogen) atoms. The van der Waals surface area contributed by atoms with Crippen LogP contribution in [0.4, 0.5) is 0 Å². The minimum absolute atomic E-state index is 0.0206. The molecule has 5 aromatic carbocycles. The predicted octanol–water partition coefficient (Wildman–Crippen LogP) is 4.97. The lowest BCUT2D eigenvalue weighted by Gasteiger charge is -2.18. The Morgan fingerprint density at radius 2 is 0.690 bits per heavy atom. The number of ether oxygens (including phenoxy) is 2. The van der Waals surface area contributed by atoms with E-state index in [0.29, 0.717) is 11.8 Å². The lowest BCUT2D eigenvalue weighted by atomic mass is 10.0. The predicted molar refractivity (Wildman–Crippen MR) is 166 cm³/mol. The summed E-state index contributed by atoms with van der Waals surface area (Å²) in [7, 11) is 0. The Kier molecular flexibility index (Phi) is 7.01. The molecule has 2 aliphatic rings. The third-order valence-electron chi connectivity index (χ3n) is 7.48. The largest absolute Gasteiger partial charge is 0.404 e. The molecule has 0 saturated heterocycles. The molecule has 0 aromatic heterocycles. The molecule has 2 aliphatic heterocycles. The number of nitrogens with one attached hydrogen (secondary N) is 2. The SMILES string of the molecule is C1=C(c2ccccc2)OC(c2ccc(C3=[NH+]C(c4ccccc4)C=C(c4ccccc4)O3)cc2)=[NH+]C1c1ccccc1. The van der Waals surface area contributed by atoms with E-state index < -0.39 is 0 Å². The van der Waals surface area contributed by atoms with Gasteiger partial charge < -0.3 is 9.47 Å². The summed E-state index contributed by atoms with van der Waals surface area (Å²) >= 11 is 0. The van der Waals surface area contributed by atoms with Crippen LogP contribution in [0, 0.1) is 0 Å². The van der Waals surface area contributed by atoms with Crippen LogP contribution in [-0.2, 0) is 9.47 Å². The highest BCUT2D eigenvalue weighted by molar-refractivity contribution is 5.97. The third-order valence-corrected chi connectivity index (χ3v) is 7.48. The van der Waals surface area contributed by atoms with Gasteiger partial charge in [-0.2, -0.15) is 9.98 Å². The smallest absolute Gasteiger partial charge is 0.374 e. The summed E-state index contributed by atoms with van der Waals surface area (Å²) in [5, 5.41) is 0. The summed E-state index contributed by atoms with van der Waals surface area (Å²) in [6.45, 7) is 0. The fourth-order valence-electron chi connectivity index (χ4n) is 5.27. The summed E-state index contributed by atoms with van der Waals surface area (Å²) in [4.78, 5) is 7.19. The van der Waals surface area contributed by atoms with E-state index in [2.05, 4.69) is 119 Å². The van der Waals surface area contributed by atoms with Gasteiger partial charge in [-0.05, 0) is 24.3 Å². The van der Waals surface area contributed by atoms with Crippen LogP contribution < -0.4 is 9.98 Å². The summed E-state index contributed by atoms with van der Waals surface area (Å²) in [5.41, 5.74) is 6.33. The first kappa shape index (κ1) is 25.5. The average Bonchev–Trinajstić information content (AvgIpc) is 3.09. The first-order chi connectivity index (χ1) is 20.8. The number of hydrogen-bond donors (Lipinski definition) is 2. The topological polar surface area (TPSA) is 46.4 Å². The van der Waals surface area contributed by atoms with Crippen molar-refractivity contribution in [1.29, 1.82) is 0 Å². The van der Waals surface area contributed by atoms with E-state index in [-0.39, 0.29) is 12.1 Å². The van der Waals surface area contributed by atoms with Gasteiger partial charge in [-0.25, -0.2) is 0 Å². The van der Waals surface area contributed by atoms with Gasteiger partial charge in [-0.1, -0.05) is 121 Å². The van der Waals surface area contributed by atoms with Gasteiger partial charge in [0.1, 0.15) is 11.5 Å². The van der Waals surface area contributed by atoms with E-state index in [1.165, 1.54) is 11.1 Å². The molecule has 7 rings (SSSR count). The molecule has 2 unspecified atom stereocenters. The van der Waals surface area contributed by atoms with Crippen molar-refractivity contribution in [2.75, 3.05) is 0 Å². The molecule has 2 atom stereocenters. The van der Waals surface area contributed by atoms with Crippen molar-refractivity contribution in [2.24, 2.45) is 0 Å². The van der Waals surface area contributed by atoms with Crippen molar-refractivity contribution >= 4 is 23.3 Å². The van der Waals surface area contributed by atoms with Crippen molar-refractivity contribution in [1.82, 2.24) is 0 Å². The Bertz CT molecular complexity index is 1660. The number of benzene rings is 5. The maximum Gasteiger partial charge on any atom is 0.374 e. The Balaban J connectivity index is 1.21. The van der Waals surface area contributed by atoms with Gasteiger partial charge in [0.2, 0.25) is 12.1 Å². The first-order valence-corrected chi connectivity index (χ1v) is 14.2. The second kappa shape index (κ2) is 11.6. The van der Waals surface area contributed by atoms with Gasteiger partial charge in [0.15, 0.2) is 0 Å². The van der Waals surface area contributed by atoms with Crippen LogP contribution in [0.1, 0.15) is 45.5 Å². The van der Waals surface area contributed by atoms with E-state index in [4.69, 9.17) is 9.47 Å². The maximum absolute atomic E-state index is 6.45. The van der Waals surface area contributed by atoms with Crippen molar-refractivity contribution in [3.63, 3.8) is 0 Å². The Hall–Kier alpha value is -5.48. The Labute approximate surface area is 245 Å². The molecular weight excluding hydrogens is 516 g/mol. The van der Waals surface area contributed by atoms with Crippen molar-refractivity contribution in [3.05, 3.63) is 191 Å². The molecule has 4 nitrogen and oxygen atoms in total. The second-order valence-electron chi connectivity index (χ2n) is 10.3. The molecule has 2 heterocycles. The fraction of sp³-hybridized carbons (Fsp3) is 0.0526. The van der Waals surface area contributed by atoms with Crippen molar-refractivity contribution < 1.29 is 19.5 Å². The lowest BCUT2D eigenvalue weighted by molar-refractivity contribution is -0.506. The van der Waals surface area contributed by atoms with Crippen LogP contribution in [0.15, 0.2) is 158 Å². The lowest BCUT2D eigenvalue weighted by Crippen LogP contribution is -2.76. The molecule has 0 saturated carbocycles. The number of hydrogen-bond acceptors (Lipinski definition) is 2. The fourth-order valence-corrected chi connectivity index (χ4v) is 5.27. The molecular formula is C38H30N2O2+2. The molecule has 0 aliphatic carbocycles. The highest BCUT2D eigenvalue weighted by Crippen LogP contribution is 2.26. The van der Waals surface area contributed by atoms with Crippen LogP contribution in [0.5, 0.6) is 0 Å². The Morgan fingerprint density at radius 1 is 0.357 bits per heavy atom. The minimum Gasteiger partial charge on any atom is -0.404 e. The van der Waals surface area contributed by atoms with E-state index in [0.717, 1.165) is 33.8 Å². The van der Waals surface area contributed by atoms with Gasteiger partial charge in [-0.15, -0.1) is 0 Å². The average molecular weight is 547 g/mol. The normalized spacial score (nSPS) is 18.0. The van der Waals surface area contributed by atoms with Crippen LogP contribution in [0.3, 0.4) is 0 Å². The summed E-state index contributed by atoms with van der Waals surface area (Å²) in [6.07, 6.45) is 4.28. The standard InChI is InChI=1S/C38H28N2O2/c1-5-13-27(14-6-1)33-25-35(29-17-9-3-10-18-29)41-37(39-33)31-21-23-32(24-22-31)38-40-34(28-15-7-2-8-16-28)26-36(42-38)30-19-11-4-12-20-30/h1-26,33-34H/p+2. The van der Waals surface area contributed by atoms with Crippen LogP contribution >= 0.6 is 0 Å². The van der Waals surface area contributed by atoms with Gasteiger partial charge in [0.05, 0.1) is 11.1 Å². The minimum atomic E-state index is -0.0206. The highest BCUT2D eigenvalue weighted by atomic mass is 16.5. The van der Waals surface area contributed by atoms with Gasteiger partial charge >= 0.3 is 11.8 Å². The molecule has 5 aromatic rings. The highest BCUT2D eigenvalue weighted by Gasteiger charge is 2.29. The van der Waals surface area contributed by atoms with Gasteiger partial charge in [0, 0.05) is 34.4 Å². The quantitative estimate of drug-likeness (QED) is 0.316. The van der Waals surface area contributed by atoms with E-state index in [1.54, 1.807) is 0 Å². The van der Waals surface area contributed by atoms with E-state index >= 15 is 0 Å². The molecule has 2 N–H and O–H groups in total. The Morgan fingerprint density at radius 3 is 1.05 bits per heavy atom. The van der Waals surface area contributed by atoms with Crippen LogP contribution in [0.25, 0.3) is 11.5 Å². The molecule has 0 spiro atoms. The van der Waals surface area contributed by atoms with Crippen LogP contribution in [0.2, 0.25) is 0 Å². The molecule has 0 bridgehead atoms. The van der Waals surface area contributed by atoms with Crippen molar-refractivity contribution in [3.8, 4) is 0 Å². The van der Waals surface area contributed by atoms with Crippen molar-refractivity contribution in [2.45, 2.75) is 12.1 Å². The molecule has 202 valence electrons. The molecule has 4 heteroatoms. The molecule has 0 fully saturated rings. The second-order valence-corrected chi connectivity index (χ2v) is 10.3. The summed E-state index contributed by atoms with van der Waals surface area (Å²) in [6, 6.07) is 49.5. The summed E-state index contributed by atoms with van der Waals surface area (Å²) in [5.74, 6) is 3.09. The molecule has 0 radical (unpaired) electrons. The van der Waals surface area contributed by atoms with Gasteiger partial charge in [0.25, 0.3) is 0 Å². The van der Waals surface area contributed by atoms with E-state index in [1.807, 2.05) is 48.5 Å². The van der Waals surface area contributed by atoms with E-state index in [9.17, 15) is 0 Å². The van der Waals surface area contributed by atoms with Crippen LogP contribution in [-0.4, -0.2) is 11.8 Å². The first-order valence-electron chi connectivity index (χ1n) is 14.2.